The van der Waals surface area contributed by atoms with Crippen molar-refractivity contribution >= 4 is 39.9 Å². The molecule has 0 radical (unpaired) electrons. The van der Waals surface area contributed by atoms with Crippen LogP contribution >= 0.6 is 0 Å². The first-order chi connectivity index (χ1) is 28.1. The second-order valence-electron chi connectivity index (χ2n) is 19.4. The minimum Gasteiger partial charge on any atom is -0.310 e. The first kappa shape index (κ1) is 37.1. The van der Waals surface area contributed by atoms with Crippen LogP contribution < -0.4 is 9.80 Å². The van der Waals surface area contributed by atoms with Crippen molar-refractivity contribution in [3.63, 3.8) is 0 Å². The average Bonchev–Trinajstić information content (AvgIpc) is 3.46. The van der Waals surface area contributed by atoms with Crippen LogP contribution in [0, 0.1) is 0 Å². The summed E-state index contributed by atoms with van der Waals surface area (Å²) in [5.74, 6) is 0.0985. The Morgan fingerprint density at radius 1 is 0.424 bits per heavy atom. The van der Waals surface area contributed by atoms with Crippen molar-refractivity contribution in [1.29, 1.82) is 0 Å². The number of anilines is 6. The summed E-state index contributed by atoms with van der Waals surface area (Å²) in [6.45, 7) is 20.8. The Labute approximate surface area is 350 Å². The highest BCUT2D eigenvalue weighted by Gasteiger charge is 2.41. The Morgan fingerprint density at radius 3 is 1.58 bits per heavy atom. The maximum absolute atomic E-state index is 14.0. The van der Waals surface area contributed by atoms with Gasteiger partial charge in [0.15, 0.2) is 5.78 Å². The van der Waals surface area contributed by atoms with Gasteiger partial charge in [-0.1, -0.05) is 147 Å². The van der Waals surface area contributed by atoms with Gasteiger partial charge in [-0.2, -0.15) is 0 Å². The molecule has 10 rings (SSSR count). The summed E-state index contributed by atoms with van der Waals surface area (Å²) < 4.78 is 0. The van der Waals surface area contributed by atoms with Crippen LogP contribution in [0.2, 0.25) is 0 Å². The number of ketones is 1. The molecule has 0 saturated carbocycles. The van der Waals surface area contributed by atoms with Crippen LogP contribution in [0.3, 0.4) is 0 Å². The molecular formula is C56H52N2O. The Bertz CT molecular complexity index is 2870. The highest BCUT2D eigenvalue weighted by Crippen LogP contribution is 2.56. The predicted octanol–water partition coefficient (Wildman–Crippen LogP) is 14.7. The average molecular weight is 769 g/mol. The molecule has 1 aliphatic heterocycles. The fraction of sp³-hybridized carbons (Fsp3) is 0.232. The number of nitrogens with zero attached hydrogens (tertiary/aromatic N) is 2. The number of hydrogen-bond donors (Lipinski definition) is 0. The van der Waals surface area contributed by atoms with E-state index in [0.717, 1.165) is 50.7 Å². The lowest BCUT2D eigenvalue weighted by Crippen LogP contribution is -2.33. The standard InChI is InChI=1S/C56H52N2O/c1-53(2,3)35-23-29-50-48(31-35)56(8,9)49-34-38(26-30-51(49)58(50)39-25-28-43-47(33-39)55(6,7)45-22-16-14-20-42(45)52(43)59)57(36-17-11-10-12-18-36)37-24-27-41-40-19-13-15-21-44(40)54(4,5)46(41)32-37/h10-34H,1-9H3. The Hall–Kier alpha value is -6.19. The maximum atomic E-state index is 14.0. The van der Waals surface area contributed by atoms with Gasteiger partial charge in [0.25, 0.3) is 0 Å². The first-order valence-corrected chi connectivity index (χ1v) is 21.1. The third-order valence-corrected chi connectivity index (χ3v) is 13.8. The van der Waals surface area contributed by atoms with Crippen molar-refractivity contribution in [2.45, 2.75) is 84.0 Å². The van der Waals surface area contributed by atoms with Gasteiger partial charge in [0.05, 0.1) is 11.4 Å². The number of benzene rings is 7. The zero-order valence-electron chi connectivity index (χ0n) is 35.7. The van der Waals surface area contributed by atoms with Gasteiger partial charge in [-0.25, -0.2) is 0 Å². The third kappa shape index (κ3) is 5.43. The van der Waals surface area contributed by atoms with Crippen LogP contribution in [0.15, 0.2) is 152 Å². The molecule has 2 aliphatic carbocycles. The van der Waals surface area contributed by atoms with Crippen molar-refractivity contribution in [3.8, 4) is 11.1 Å². The van der Waals surface area contributed by atoms with Gasteiger partial charge in [-0.15, -0.1) is 0 Å². The third-order valence-electron chi connectivity index (χ3n) is 13.8. The Balaban J connectivity index is 1.17. The highest BCUT2D eigenvalue weighted by molar-refractivity contribution is 6.13. The van der Waals surface area contributed by atoms with Gasteiger partial charge in [0, 0.05) is 50.1 Å². The van der Waals surface area contributed by atoms with E-state index in [2.05, 4.69) is 206 Å². The largest absolute Gasteiger partial charge is 0.310 e. The van der Waals surface area contributed by atoms with Crippen LogP contribution in [0.25, 0.3) is 11.1 Å². The summed E-state index contributed by atoms with van der Waals surface area (Å²) in [5.41, 5.74) is 18.9. The summed E-state index contributed by atoms with van der Waals surface area (Å²) in [6.07, 6.45) is 0. The molecule has 0 fully saturated rings. The number of fused-ring (bicyclic) bond motifs is 7. The minimum absolute atomic E-state index is 0.0211. The minimum atomic E-state index is -0.349. The van der Waals surface area contributed by atoms with Crippen LogP contribution in [0.1, 0.15) is 117 Å². The molecule has 0 N–H and O–H groups in total. The molecule has 0 aromatic heterocycles. The van der Waals surface area contributed by atoms with E-state index in [4.69, 9.17) is 0 Å². The van der Waals surface area contributed by atoms with Crippen LogP contribution in [-0.2, 0) is 21.7 Å². The van der Waals surface area contributed by atoms with Crippen LogP contribution in [0.5, 0.6) is 0 Å². The first-order valence-electron chi connectivity index (χ1n) is 21.1. The van der Waals surface area contributed by atoms with E-state index in [1.165, 1.54) is 44.6 Å². The Kier molecular flexibility index (Phi) is 7.96. The van der Waals surface area contributed by atoms with Crippen molar-refractivity contribution < 1.29 is 4.79 Å². The van der Waals surface area contributed by atoms with Crippen molar-refractivity contribution in [1.82, 2.24) is 0 Å². The van der Waals surface area contributed by atoms with Gasteiger partial charge >= 0.3 is 0 Å². The second-order valence-corrected chi connectivity index (χ2v) is 19.4. The Morgan fingerprint density at radius 2 is 0.898 bits per heavy atom. The molecule has 7 aromatic carbocycles. The number of carbonyl (C=O) groups excluding carboxylic acids is 1. The van der Waals surface area contributed by atoms with E-state index in [1.54, 1.807) is 0 Å². The SMILES string of the molecule is CC(C)(C)c1ccc2c(c1)C(C)(C)c1cc(N(c3ccccc3)c3ccc4c(c3)C(C)(C)c3ccccc3-4)ccc1N2c1ccc2c(c1)C(C)(C)c1ccccc1C2=O. The van der Waals surface area contributed by atoms with E-state index < -0.39 is 0 Å². The van der Waals surface area contributed by atoms with Gasteiger partial charge in [-0.3, -0.25) is 4.79 Å². The lowest BCUT2D eigenvalue weighted by molar-refractivity contribution is 0.103. The van der Waals surface area contributed by atoms with Crippen molar-refractivity contribution in [2.75, 3.05) is 9.80 Å². The summed E-state index contributed by atoms with van der Waals surface area (Å²) in [4.78, 5) is 18.8. The van der Waals surface area contributed by atoms with E-state index >= 15 is 0 Å². The molecule has 1 heterocycles. The summed E-state index contributed by atoms with van der Waals surface area (Å²) in [7, 11) is 0. The van der Waals surface area contributed by atoms with Gasteiger partial charge < -0.3 is 9.80 Å². The predicted molar refractivity (Wildman–Crippen MR) is 246 cm³/mol. The number of para-hydroxylation sites is 1. The number of hydrogen-bond acceptors (Lipinski definition) is 3. The number of rotatable bonds is 4. The lowest BCUT2D eigenvalue weighted by atomic mass is 9.68. The topological polar surface area (TPSA) is 23.6 Å². The molecular weight excluding hydrogens is 717 g/mol. The molecule has 0 amide bonds. The molecule has 3 nitrogen and oxygen atoms in total. The van der Waals surface area contributed by atoms with Crippen molar-refractivity contribution in [2.24, 2.45) is 0 Å². The lowest BCUT2D eigenvalue weighted by Gasteiger charge is -2.44. The van der Waals surface area contributed by atoms with Gasteiger partial charge in [0.1, 0.15) is 0 Å². The van der Waals surface area contributed by atoms with E-state index in [0.29, 0.717) is 0 Å². The zero-order chi connectivity index (χ0) is 41.2. The molecule has 0 saturated heterocycles. The molecule has 0 bridgehead atoms. The van der Waals surface area contributed by atoms with Crippen molar-refractivity contribution in [3.05, 3.63) is 202 Å². The van der Waals surface area contributed by atoms with Crippen LogP contribution in [-0.4, -0.2) is 5.78 Å². The number of carbonyl (C=O) groups is 1. The van der Waals surface area contributed by atoms with Crippen LogP contribution in [0.4, 0.5) is 34.1 Å². The maximum Gasteiger partial charge on any atom is 0.193 e. The second kappa shape index (κ2) is 12.7. The summed E-state index contributed by atoms with van der Waals surface area (Å²) in [6, 6.07) is 55.4. The van der Waals surface area contributed by atoms with Gasteiger partial charge in [-0.05, 0) is 122 Å². The van der Waals surface area contributed by atoms with E-state index in [9.17, 15) is 4.79 Å². The fourth-order valence-electron chi connectivity index (χ4n) is 10.4. The quantitative estimate of drug-likeness (QED) is 0.178. The summed E-state index contributed by atoms with van der Waals surface area (Å²) >= 11 is 0. The smallest absolute Gasteiger partial charge is 0.193 e. The molecule has 59 heavy (non-hydrogen) atoms. The molecule has 0 atom stereocenters. The highest BCUT2D eigenvalue weighted by atomic mass is 16.1. The zero-order valence-corrected chi connectivity index (χ0v) is 35.7. The normalized spacial score (nSPS) is 16.3. The van der Waals surface area contributed by atoms with Gasteiger partial charge in [0.2, 0.25) is 0 Å². The molecule has 0 spiro atoms. The molecule has 292 valence electrons. The molecule has 3 aliphatic rings. The molecule has 7 aromatic rings. The summed E-state index contributed by atoms with van der Waals surface area (Å²) in [5, 5.41) is 0. The van der Waals surface area contributed by atoms with E-state index in [-0.39, 0.29) is 27.4 Å². The molecule has 3 heteroatoms. The van der Waals surface area contributed by atoms with E-state index in [1.807, 2.05) is 18.2 Å². The monoisotopic (exact) mass is 768 g/mol. The molecule has 0 unspecified atom stereocenters. The fourth-order valence-corrected chi connectivity index (χ4v) is 10.4.